The number of benzene rings is 2. The van der Waals surface area contributed by atoms with Gasteiger partial charge in [-0.1, -0.05) is 84.4 Å². The number of hydrogen-bond donors (Lipinski definition) is 1. The molecule has 3 aliphatic rings. The summed E-state index contributed by atoms with van der Waals surface area (Å²) in [6.45, 7) is 21.5. The van der Waals surface area contributed by atoms with E-state index in [0.717, 1.165) is 60.6 Å². The number of carboxylic acids is 1. The first-order valence-electron chi connectivity index (χ1n) is 15.9. The van der Waals surface area contributed by atoms with E-state index >= 15 is 0 Å². The summed E-state index contributed by atoms with van der Waals surface area (Å²) >= 11 is 0. The van der Waals surface area contributed by atoms with Gasteiger partial charge in [0.25, 0.3) is 0 Å². The van der Waals surface area contributed by atoms with Crippen LogP contribution in [0.5, 0.6) is 0 Å². The highest BCUT2D eigenvalue weighted by atomic mass is 16.4. The van der Waals surface area contributed by atoms with Gasteiger partial charge in [0, 0.05) is 69.7 Å². The summed E-state index contributed by atoms with van der Waals surface area (Å²) in [5, 5.41) is 10.3. The molecule has 0 radical (unpaired) electrons. The fourth-order valence-corrected chi connectivity index (χ4v) is 7.30. The van der Waals surface area contributed by atoms with Crippen molar-refractivity contribution in [2.24, 2.45) is 4.99 Å². The van der Waals surface area contributed by atoms with Gasteiger partial charge >= 0.3 is 5.97 Å². The van der Waals surface area contributed by atoms with Gasteiger partial charge in [-0.25, -0.2) is 4.79 Å². The number of rotatable bonds is 9. The van der Waals surface area contributed by atoms with Gasteiger partial charge in [-0.15, -0.1) is 0 Å². The molecule has 3 aliphatic heterocycles. The number of para-hydroxylation sites is 1. The van der Waals surface area contributed by atoms with Crippen LogP contribution in [-0.2, 0) is 16.2 Å². The molecule has 0 atom stereocenters. The zero-order chi connectivity index (χ0) is 31.3. The number of anilines is 1. The molecular formula is C38H48N3O2+. The predicted molar refractivity (Wildman–Crippen MR) is 180 cm³/mol. The number of allylic oxidation sites excluding steroid dienone is 6. The third-order valence-corrected chi connectivity index (χ3v) is 9.88. The van der Waals surface area contributed by atoms with Crippen LogP contribution in [-0.4, -0.2) is 40.2 Å². The van der Waals surface area contributed by atoms with Gasteiger partial charge in [0.1, 0.15) is 6.54 Å². The fraction of sp³-hybridized carbons (Fsp3) is 0.447. The Morgan fingerprint density at radius 1 is 0.953 bits per heavy atom. The molecule has 0 spiro atoms. The van der Waals surface area contributed by atoms with E-state index in [9.17, 15) is 9.90 Å². The van der Waals surface area contributed by atoms with E-state index in [2.05, 4.69) is 120 Å². The normalized spacial score (nSPS) is 20.3. The van der Waals surface area contributed by atoms with Crippen LogP contribution in [0.2, 0.25) is 0 Å². The Balaban J connectivity index is 1.54. The molecule has 5 rings (SSSR count). The summed E-state index contributed by atoms with van der Waals surface area (Å²) in [5.41, 5.74) is 9.50. The fourth-order valence-electron chi connectivity index (χ4n) is 7.30. The molecule has 0 fully saturated rings. The van der Waals surface area contributed by atoms with Crippen molar-refractivity contribution in [3.05, 3.63) is 88.7 Å². The predicted octanol–water partition coefficient (Wildman–Crippen LogP) is 9.15. The Kier molecular flexibility index (Phi) is 7.91. The maximum absolute atomic E-state index is 12.5. The molecule has 5 nitrogen and oxygen atoms in total. The van der Waals surface area contributed by atoms with Gasteiger partial charge in [-0.05, 0) is 39.3 Å². The Hall–Kier alpha value is -3.73. The summed E-state index contributed by atoms with van der Waals surface area (Å²) in [4.78, 5) is 19.8. The monoisotopic (exact) mass is 578 g/mol. The maximum Gasteiger partial charge on any atom is 0.336 e. The molecule has 0 amide bonds. The lowest BCUT2D eigenvalue weighted by atomic mass is 9.75. The minimum absolute atomic E-state index is 0.0607. The average Bonchev–Trinajstić information content (AvgIpc) is 3.41. The molecule has 0 unspecified atom stereocenters. The van der Waals surface area contributed by atoms with Crippen molar-refractivity contribution < 1.29 is 14.5 Å². The Morgan fingerprint density at radius 3 is 2.35 bits per heavy atom. The summed E-state index contributed by atoms with van der Waals surface area (Å²) in [6, 6.07) is 10.7. The Labute approximate surface area is 258 Å². The molecule has 0 bridgehead atoms. The number of aromatic carboxylic acids is 1. The highest BCUT2D eigenvalue weighted by Crippen LogP contribution is 2.57. The number of hydrogen-bond acceptors (Lipinski definition) is 3. The third-order valence-electron chi connectivity index (χ3n) is 9.88. The number of fused-ring (bicyclic) bond motifs is 4. The lowest BCUT2D eigenvalue weighted by Crippen LogP contribution is -2.27. The lowest BCUT2D eigenvalue weighted by Gasteiger charge is -2.26. The minimum Gasteiger partial charge on any atom is -0.478 e. The molecule has 2 aromatic carbocycles. The molecule has 1 N–H and O–H groups in total. The summed E-state index contributed by atoms with van der Waals surface area (Å²) in [5.74, 6) is -0.892. The molecule has 0 aromatic heterocycles. The standard InChI is InChI=1S/C38H47N3O2/c1-10-12-23-41-28-19-17-16-18-27(28)37(6,7)30(41)20-14-13-15-21-31-38(8,9)33-29(40(31)22-11-2)24-26(35(42)43)32-34(33)39-25(3)36(32,4)5/h13-21,24H,10-12,22-23H2,1-9H3/p+1. The highest BCUT2D eigenvalue weighted by Gasteiger charge is 2.48. The van der Waals surface area contributed by atoms with Gasteiger partial charge in [-0.2, -0.15) is 4.58 Å². The van der Waals surface area contributed by atoms with Crippen molar-refractivity contribution in [2.75, 3.05) is 18.0 Å². The summed E-state index contributed by atoms with van der Waals surface area (Å²) in [6.07, 6.45) is 14.2. The molecule has 0 saturated heterocycles. The lowest BCUT2D eigenvalue weighted by molar-refractivity contribution is -0.438. The van der Waals surface area contributed by atoms with Crippen LogP contribution >= 0.6 is 0 Å². The number of nitrogens with zero attached hydrogens (tertiary/aromatic N) is 3. The first kappa shape index (κ1) is 30.7. The second-order valence-electron chi connectivity index (χ2n) is 13.8. The number of aliphatic imine (C=N–C) groups is 1. The first-order valence-corrected chi connectivity index (χ1v) is 15.9. The molecule has 0 aliphatic carbocycles. The van der Waals surface area contributed by atoms with Crippen molar-refractivity contribution in [1.29, 1.82) is 0 Å². The van der Waals surface area contributed by atoms with E-state index in [4.69, 9.17) is 4.99 Å². The molecule has 0 saturated carbocycles. The SMILES string of the molecule is CCCC[N+]1=C(/C=C/C=C/C=C2/N(CCC)c3cc(C(=O)O)c4c(c3C2(C)C)N=C(C)C4(C)C)C(C)(C)c2ccccc21. The topological polar surface area (TPSA) is 55.9 Å². The van der Waals surface area contributed by atoms with Gasteiger partial charge in [0.15, 0.2) is 5.71 Å². The largest absolute Gasteiger partial charge is 0.478 e. The highest BCUT2D eigenvalue weighted by molar-refractivity contribution is 6.07. The summed E-state index contributed by atoms with van der Waals surface area (Å²) < 4.78 is 2.49. The third kappa shape index (κ3) is 4.81. The number of carbonyl (C=O) groups is 1. The van der Waals surface area contributed by atoms with Crippen molar-refractivity contribution >= 4 is 34.5 Å². The minimum atomic E-state index is -0.892. The zero-order valence-electron chi connectivity index (χ0n) is 27.5. The van der Waals surface area contributed by atoms with Crippen molar-refractivity contribution in [3.63, 3.8) is 0 Å². The van der Waals surface area contributed by atoms with Crippen molar-refractivity contribution in [2.45, 2.75) is 97.8 Å². The van der Waals surface area contributed by atoms with Crippen LogP contribution in [0.4, 0.5) is 17.1 Å². The second kappa shape index (κ2) is 11.1. The molecule has 2 aromatic rings. The summed E-state index contributed by atoms with van der Waals surface area (Å²) in [7, 11) is 0. The number of carboxylic acid groups (broad SMARTS) is 1. The smallest absolute Gasteiger partial charge is 0.336 e. The molecule has 5 heteroatoms. The molecule has 226 valence electrons. The van der Waals surface area contributed by atoms with Gasteiger partial charge in [-0.3, -0.25) is 4.99 Å². The Bertz CT molecular complexity index is 1630. The van der Waals surface area contributed by atoms with Gasteiger partial charge < -0.3 is 10.0 Å². The van der Waals surface area contributed by atoms with Crippen molar-refractivity contribution in [3.8, 4) is 0 Å². The average molecular weight is 579 g/mol. The van der Waals surface area contributed by atoms with Gasteiger partial charge in [0.05, 0.1) is 16.7 Å². The quantitative estimate of drug-likeness (QED) is 0.238. The van der Waals surface area contributed by atoms with Gasteiger partial charge in [0.2, 0.25) is 5.69 Å². The van der Waals surface area contributed by atoms with Crippen molar-refractivity contribution in [1.82, 2.24) is 0 Å². The van der Waals surface area contributed by atoms with Crippen LogP contribution in [0, 0.1) is 0 Å². The number of unbranched alkanes of at least 4 members (excludes halogenated alkanes) is 1. The van der Waals surface area contributed by atoms with E-state index in [1.54, 1.807) is 0 Å². The van der Waals surface area contributed by atoms with Crippen LogP contribution in [0.25, 0.3) is 0 Å². The Morgan fingerprint density at radius 2 is 1.67 bits per heavy atom. The maximum atomic E-state index is 12.5. The van der Waals surface area contributed by atoms with Crippen LogP contribution in [0.3, 0.4) is 0 Å². The molecule has 43 heavy (non-hydrogen) atoms. The van der Waals surface area contributed by atoms with E-state index < -0.39 is 11.4 Å². The van der Waals surface area contributed by atoms with E-state index in [0.29, 0.717) is 5.56 Å². The second-order valence-corrected chi connectivity index (χ2v) is 13.8. The molecular weight excluding hydrogens is 530 g/mol. The van der Waals surface area contributed by atoms with E-state index in [1.807, 2.05) is 13.0 Å². The van der Waals surface area contributed by atoms with Crippen LogP contribution in [0.1, 0.15) is 109 Å². The zero-order valence-corrected chi connectivity index (χ0v) is 27.5. The first-order chi connectivity index (χ1) is 20.3. The molecule has 3 heterocycles. The van der Waals surface area contributed by atoms with Crippen LogP contribution in [0.15, 0.2) is 71.4 Å². The van der Waals surface area contributed by atoms with E-state index in [1.165, 1.54) is 22.7 Å². The van der Waals surface area contributed by atoms with E-state index in [-0.39, 0.29) is 10.8 Å². The van der Waals surface area contributed by atoms with Crippen LogP contribution < -0.4 is 4.90 Å².